The molecule has 3 amide bonds. The number of amides is 3. The van der Waals surface area contributed by atoms with Gasteiger partial charge in [-0.15, -0.1) is 0 Å². The van der Waals surface area contributed by atoms with Crippen molar-refractivity contribution in [2.24, 2.45) is 0 Å². The Morgan fingerprint density at radius 1 is 1.12 bits per heavy atom. The van der Waals surface area contributed by atoms with E-state index >= 15 is 0 Å². The van der Waals surface area contributed by atoms with Gasteiger partial charge in [-0.2, -0.15) is 0 Å². The molecule has 0 aromatic rings. The molecule has 0 unspecified atom stereocenters. The molecule has 2 fully saturated rings. The minimum Gasteiger partial charge on any atom is -0.348 e. The second-order valence-corrected chi connectivity index (χ2v) is 9.26. The summed E-state index contributed by atoms with van der Waals surface area (Å²) >= 11 is 0. The molecular weight excluding hydrogens is 344 g/mol. The van der Waals surface area contributed by atoms with Crippen LogP contribution < -0.4 is 5.32 Å². The summed E-state index contributed by atoms with van der Waals surface area (Å²) in [5.41, 5.74) is 0. The molecule has 2 saturated heterocycles. The van der Waals surface area contributed by atoms with E-state index in [0.717, 1.165) is 19.3 Å². The van der Waals surface area contributed by atoms with E-state index in [4.69, 9.17) is 0 Å². The van der Waals surface area contributed by atoms with Gasteiger partial charge in [0.25, 0.3) is 0 Å². The van der Waals surface area contributed by atoms with Gasteiger partial charge in [-0.05, 0) is 6.42 Å². The summed E-state index contributed by atoms with van der Waals surface area (Å²) in [6.45, 7) is 3.85. The number of unbranched alkanes of at least 4 members (excludes halogenated alkanes) is 2. The number of rotatable bonds is 6. The van der Waals surface area contributed by atoms with Crippen LogP contribution in [0.1, 0.15) is 26.2 Å². The van der Waals surface area contributed by atoms with E-state index < -0.39 is 9.84 Å². The Balaban J connectivity index is 2.04. The van der Waals surface area contributed by atoms with E-state index in [9.17, 15) is 18.0 Å². The third kappa shape index (κ3) is 5.07. The van der Waals surface area contributed by atoms with E-state index in [2.05, 4.69) is 12.2 Å². The molecule has 9 heteroatoms. The Labute approximate surface area is 150 Å². The summed E-state index contributed by atoms with van der Waals surface area (Å²) < 4.78 is 24.3. The molecule has 2 heterocycles. The first kappa shape index (κ1) is 20.0. The lowest BCUT2D eigenvalue weighted by atomic mass is 10.1. The zero-order valence-corrected chi connectivity index (χ0v) is 16.2. The third-order valence-electron chi connectivity index (χ3n) is 4.95. The fraction of sp³-hybridized carbons (Fsp3) is 0.875. The monoisotopic (exact) mass is 374 g/mol. The number of nitrogens with one attached hydrogen (secondary N) is 1. The Hall–Kier alpha value is -1.35. The molecule has 25 heavy (non-hydrogen) atoms. The largest absolute Gasteiger partial charge is 0.348 e. The van der Waals surface area contributed by atoms with Gasteiger partial charge in [-0.3, -0.25) is 9.69 Å². The summed E-state index contributed by atoms with van der Waals surface area (Å²) in [5.74, 6) is -0.0643. The first-order valence-corrected chi connectivity index (χ1v) is 10.8. The van der Waals surface area contributed by atoms with Gasteiger partial charge in [0.2, 0.25) is 5.91 Å². The van der Waals surface area contributed by atoms with Crippen molar-refractivity contribution in [1.82, 2.24) is 20.0 Å². The quantitative estimate of drug-likeness (QED) is 0.648. The standard InChI is InChI=1S/C16H30N4O4S/c1-4-5-6-7-17-16(22)20-9-8-19(10-15(21)18(2)3)13-11-25(23,24)12-14(13)20/h13-14H,4-12H2,1-3H3,(H,17,22)/t13-,14+/m0/s1. The van der Waals surface area contributed by atoms with E-state index in [1.54, 1.807) is 19.0 Å². The first-order chi connectivity index (χ1) is 11.7. The minimum absolute atomic E-state index is 0.0119. The molecule has 0 radical (unpaired) electrons. The molecule has 2 atom stereocenters. The van der Waals surface area contributed by atoms with Gasteiger partial charge in [0.1, 0.15) is 0 Å². The van der Waals surface area contributed by atoms with Crippen LogP contribution in [0.2, 0.25) is 0 Å². The van der Waals surface area contributed by atoms with Crippen molar-refractivity contribution in [3.05, 3.63) is 0 Å². The van der Waals surface area contributed by atoms with Gasteiger partial charge in [0, 0.05) is 39.8 Å². The lowest BCUT2D eigenvalue weighted by Crippen LogP contribution is -2.63. The van der Waals surface area contributed by atoms with Crippen molar-refractivity contribution in [2.45, 2.75) is 38.3 Å². The Bertz CT molecular complexity index is 593. The fourth-order valence-corrected chi connectivity index (χ4v) is 5.47. The number of likely N-dealkylation sites (N-methyl/N-ethyl adjacent to an activating group) is 1. The molecular formula is C16H30N4O4S. The summed E-state index contributed by atoms with van der Waals surface area (Å²) in [4.78, 5) is 29.6. The lowest BCUT2D eigenvalue weighted by molar-refractivity contribution is -0.131. The second kappa shape index (κ2) is 8.35. The molecule has 0 aromatic carbocycles. The molecule has 2 aliphatic rings. The highest BCUT2D eigenvalue weighted by Gasteiger charge is 2.48. The van der Waals surface area contributed by atoms with Crippen LogP contribution in [0.5, 0.6) is 0 Å². The van der Waals surface area contributed by atoms with Crippen LogP contribution in [0.3, 0.4) is 0 Å². The summed E-state index contributed by atoms with van der Waals surface area (Å²) in [5, 5.41) is 2.90. The number of hydrogen-bond donors (Lipinski definition) is 1. The summed E-state index contributed by atoms with van der Waals surface area (Å²) in [6, 6.07) is -0.870. The molecule has 0 aliphatic carbocycles. The highest BCUT2D eigenvalue weighted by Crippen LogP contribution is 2.27. The zero-order chi connectivity index (χ0) is 18.6. The number of hydrogen-bond acceptors (Lipinski definition) is 5. The average molecular weight is 375 g/mol. The van der Waals surface area contributed by atoms with E-state index in [0.29, 0.717) is 19.6 Å². The van der Waals surface area contributed by atoms with E-state index in [-0.39, 0.29) is 42.1 Å². The molecule has 2 aliphatic heterocycles. The molecule has 144 valence electrons. The van der Waals surface area contributed by atoms with E-state index in [1.165, 1.54) is 4.90 Å². The van der Waals surface area contributed by atoms with Crippen molar-refractivity contribution in [3.63, 3.8) is 0 Å². The van der Waals surface area contributed by atoms with Gasteiger partial charge in [-0.1, -0.05) is 19.8 Å². The maximum absolute atomic E-state index is 12.5. The van der Waals surface area contributed by atoms with Gasteiger partial charge in [0.05, 0.1) is 24.1 Å². The topological polar surface area (TPSA) is 90.0 Å². The second-order valence-electron chi connectivity index (χ2n) is 7.10. The van der Waals surface area contributed by atoms with Crippen molar-refractivity contribution in [2.75, 3.05) is 51.8 Å². The van der Waals surface area contributed by atoms with Crippen LogP contribution >= 0.6 is 0 Å². The zero-order valence-electron chi connectivity index (χ0n) is 15.4. The van der Waals surface area contributed by atoms with Gasteiger partial charge in [-0.25, -0.2) is 13.2 Å². The number of piperazine rings is 1. The number of nitrogens with zero attached hydrogens (tertiary/aromatic N) is 3. The van der Waals surface area contributed by atoms with Gasteiger partial charge in [0.15, 0.2) is 9.84 Å². The molecule has 2 rings (SSSR count). The predicted molar refractivity (Wildman–Crippen MR) is 96.1 cm³/mol. The summed E-state index contributed by atoms with van der Waals surface area (Å²) in [7, 11) is 0.170. The lowest BCUT2D eigenvalue weighted by Gasteiger charge is -2.43. The van der Waals surface area contributed by atoms with Crippen LogP contribution in [0.25, 0.3) is 0 Å². The third-order valence-corrected chi connectivity index (χ3v) is 6.64. The molecule has 8 nitrogen and oxygen atoms in total. The molecule has 1 N–H and O–H groups in total. The highest BCUT2D eigenvalue weighted by molar-refractivity contribution is 7.91. The van der Waals surface area contributed by atoms with Crippen molar-refractivity contribution in [3.8, 4) is 0 Å². The smallest absolute Gasteiger partial charge is 0.317 e. The normalized spacial score (nSPS) is 25.5. The number of urea groups is 1. The molecule has 0 spiro atoms. The van der Waals surface area contributed by atoms with Crippen molar-refractivity contribution >= 4 is 21.8 Å². The summed E-state index contributed by atoms with van der Waals surface area (Å²) in [6.07, 6.45) is 3.06. The Kier molecular flexibility index (Phi) is 6.67. The number of carbonyl (C=O) groups is 2. The number of fused-ring (bicyclic) bond motifs is 1. The van der Waals surface area contributed by atoms with Crippen LogP contribution in [0.4, 0.5) is 4.79 Å². The van der Waals surface area contributed by atoms with Crippen LogP contribution in [0.15, 0.2) is 0 Å². The first-order valence-electron chi connectivity index (χ1n) is 8.94. The maximum atomic E-state index is 12.5. The number of sulfone groups is 1. The molecule has 0 bridgehead atoms. The highest BCUT2D eigenvalue weighted by atomic mass is 32.2. The van der Waals surface area contributed by atoms with Crippen molar-refractivity contribution in [1.29, 1.82) is 0 Å². The predicted octanol–water partition coefficient (Wildman–Crippen LogP) is -0.242. The van der Waals surface area contributed by atoms with Crippen LogP contribution in [-0.2, 0) is 14.6 Å². The Morgan fingerprint density at radius 2 is 1.80 bits per heavy atom. The van der Waals surface area contributed by atoms with Gasteiger partial charge >= 0.3 is 6.03 Å². The van der Waals surface area contributed by atoms with Crippen LogP contribution in [-0.4, -0.2) is 98.9 Å². The number of carbonyl (C=O) groups excluding carboxylic acids is 2. The van der Waals surface area contributed by atoms with Crippen LogP contribution in [0, 0.1) is 0 Å². The maximum Gasteiger partial charge on any atom is 0.317 e. The van der Waals surface area contributed by atoms with Gasteiger partial charge < -0.3 is 15.1 Å². The Morgan fingerprint density at radius 3 is 2.44 bits per heavy atom. The van der Waals surface area contributed by atoms with Crippen molar-refractivity contribution < 1.29 is 18.0 Å². The molecule has 0 saturated carbocycles. The minimum atomic E-state index is -3.20. The SMILES string of the molecule is CCCCCNC(=O)N1CCN(CC(=O)N(C)C)[C@H]2CS(=O)(=O)C[C@H]21. The average Bonchev–Trinajstić information content (AvgIpc) is 2.86. The fourth-order valence-electron chi connectivity index (χ4n) is 3.46. The van der Waals surface area contributed by atoms with E-state index in [1.807, 2.05) is 4.90 Å². The molecule has 0 aromatic heterocycles.